The Hall–Kier alpha value is -3.36. The number of aliphatic hydroxyl groups is 1. The second-order valence-electron chi connectivity index (χ2n) is 10.7. The second-order valence-corrected chi connectivity index (χ2v) is 10.7. The Morgan fingerprint density at radius 1 is 1.05 bits per heavy atom. The average Bonchev–Trinajstić information content (AvgIpc) is 2.90. The van der Waals surface area contributed by atoms with E-state index in [0.29, 0.717) is 30.8 Å². The third-order valence-corrected chi connectivity index (χ3v) is 7.41. The monoisotopic (exact) mass is 553 g/mol. The molecule has 0 fully saturated rings. The van der Waals surface area contributed by atoms with Crippen LogP contribution < -0.4 is 11.1 Å². The van der Waals surface area contributed by atoms with Crippen LogP contribution in [0, 0.1) is 23.0 Å². The van der Waals surface area contributed by atoms with E-state index in [-0.39, 0.29) is 30.9 Å². The van der Waals surface area contributed by atoms with E-state index in [0.717, 1.165) is 24.5 Å². The van der Waals surface area contributed by atoms with Crippen molar-refractivity contribution in [1.29, 1.82) is 0 Å². The van der Waals surface area contributed by atoms with Crippen molar-refractivity contribution in [1.82, 2.24) is 10.2 Å². The largest absolute Gasteiger partial charge is 0.391 e. The van der Waals surface area contributed by atoms with Gasteiger partial charge in [0.05, 0.1) is 11.5 Å². The average molecular weight is 554 g/mol. The Bertz CT molecular complexity index is 1200. The number of aliphatic hydroxyl groups excluding tert-OH is 1. The van der Waals surface area contributed by atoms with Crippen LogP contribution >= 0.6 is 0 Å². The third-order valence-electron chi connectivity index (χ3n) is 7.41. The van der Waals surface area contributed by atoms with E-state index in [9.17, 15) is 23.5 Å². The fourth-order valence-corrected chi connectivity index (χ4v) is 5.66. The van der Waals surface area contributed by atoms with Crippen LogP contribution in [0.25, 0.3) is 0 Å². The molecule has 3 atom stereocenters. The molecule has 216 valence electrons. The first kappa shape index (κ1) is 31.2. The lowest BCUT2D eigenvalue weighted by molar-refractivity contribution is -0.132. The quantitative estimate of drug-likeness (QED) is 0.317. The van der Waals surface area contributed by atoms with E-state index in [1.165, 1.54) is 12.1 Å². The number of nitrogens with zero attached hydrogens (tertiary/aromatic N) is 1. The van der Waals surface area contributed by atoms with Crippen molar-refractivity contribution in [3.8, 4) is 0 Å². The molecule has 2 aromatic carbocycles. The van der Waals surface area contributed by atoms with Crippen molar-refractivity contribution in [2.45, 2.75) is 59.1 Å². The SMILES string of the molecule is CCCN(CCC)C(=O)C1=CC(C)=CC(C(N)=O)([C@H](Cc2cc(F)cc(F)c2)[C@@H](O)CNCc2ccccc2)C1. The van der Waals surface area contributed by atoms with Gasteiger partial charge in [-0.3, -0.25) is 9.59 Å². The van der Waals surface area contributed by atoms with E-state index < -0.39 is 35.0 Å². The summed E-state index contributed by atoms with van der Waals surface area (Å²) in [7, 11) is 0. The smallest absolute Gasteiger partial charge is 0.249 e. The molecule has 1 aliphatic rings. The van der Waals surface area contributed by atoms with E-state index in [2.05, 4.69) is 5.32 Å². The van der Waals surface area contributed by atoms with Crippen LogP contribution in [-0.2, 0) is 22.6 Å². The summed E-state index contributed by atoms with van der Waals surface area (Å²) in [5.41, 5.74) is 7.02. The van der Waals surface area contributed by atoms with Gasteiger partial charge in [0.25, 0.3) is 0 Å². The van der Waals surface area contributed by atoms with Gasteiger partial charge in [0.2, 0.25) is 11.8 Å². The van der Waals surface area contributed by atoms with Crippen LogP contribution in [-0.4, -0.2) is 47.6 Å². The molecule has 0 spiro atoms. The van der Waals surface area contributed by atoms with Crippen molar-refractivity contribution in [2.75, 3.05) is 19.6 Å². The van der Waals surface area contributed by atoms with Crippen molar-refractivity contribution in [3.05, 3.63) is 94.6 Å². The number of halogens is 2. The summed E-state index contributed by atoms with van der Waals surface area (Å²) < 4.78 is 28.3. The van der Waals surface area contributed by atoms with Crippen LogP contribution in [0.3, 0.4) is 0 Å². The standard InChI is InChI=1S/C32H41F2N3O3/c1-4-11-37(12-5-2)30(39)25-13-22(3)18-32(19-25,31(35)40)28(16-24-14-26(33)17-27(34)15-24)29(38)21-36-20-23-9-7-6-8-10-23/h6-10,13-15,17-18,28-29,36,38H,4-5,11-12,16,19-21H2,1-3H3,(H2,35,40)/t28-,29+,32?/m1/s1. The summed E-state index contributed by atoms with van der Waals surface area (Å²) in [6.07, 6.45) is 3.88. The minimum absolute atomic E-state index is 0.0132. The zero-order chi connectivity index (χ0) is 29.3. The van der Waals surface area contributed by atoms with E-state index in [1.807, 2.05) is 44.2 Å². The summed E-state index contributed by atoms with van der Waals surface area (Å²) in [6, 6.07) is 12.8. The highest BCUT2D eigenvalue weighted by Gasteiger charge is 2.48. The first-order chi connectivity index (χ1) is 19.1. The molecule has 0 aliphatic heterocycles. The van der Waals surface area contributed by atoms with Crippen molar-refractivity contribution >= 4 is 11.8 Å². The Morgan fingerprint density at radius 2 is 1.68 bits per heavy atom. The molecule has 3 rings (SSSR count). The van der Waals surface area contributed by atoms with E-state index in [1.54, 1.807) is 24.0 Å². The van der Waals surface area contributed by atoms with Gasteiger partial charge in [-0.1, -0.05) is 61.9 Å². The maximum Gasteiger partial charge on any atom is 0.249 e. The highest BCUT2D eigenvalue weighted by Crippen LogP contribution is 2.44. The number of nitrogens with one attached hydrogen (secondary N) is 1. The topological polar surface area (TPSA) is 95.7 Å². The highest BCUT2D eigenvalue weighted by molar-refractivity contribution is 5.96. The summed E-state index contributed by atoms with van der Waals surface area (Å²) in [6.45, 7) is 7.51. The predicted molar refractivity (Wildman–Crippen MR) is 153 cm³/mol. The summed E-state index contributed by atoms with van der Waals surface area (Å²) in [5, 5.41) is 14.8. The van der Waals surface area contributed by atoms with Crippen LogP contribution in [0.4, 0.5) is 8.78 Å². The van der Waals surface area contributed by atoms with Gasteiger partial charge in [-0.25, -0.2) is 8.78 Å². The fraction of sp³-hybridized carbons (Fsp3) is 0.438. The van der Waals surface area contributed by atoms with E-state index in [4.69, 9.17) is 5.73 Å². The predicted octanol–water partition coefficient (Wildman–Crippen LogP) is 4.67. The van der Waals surface area contributed by atoms with Crippen molar-refractivity contribution < 1.29 is 23.5 Å². The summed E-state index contributed by atoms with van der Waals surface area (Å²) in [5.74, 6) is -3.24. The second kappa shape index (κ2) is 14.3. The summed E-state index contributed by atoms with van der Waals surface area (Å²) >= 11 is 0. The van der Waals surface area contributed by atoms with E-state index >= 15 is 0 Å². The molecule has 0 heterocycles. The number of amides is 2. The molecule has 0 saturated heterocycles. The zero-order valence-corrected chi connectivity index (χ0v) is 23.6. The van der Waals surface area contributed by atoms with Gasteiger partial charge in [0.1, 0.15) is 11.6 Å². The van der Waals surface area contributed by atoms with Crippen LogP contribution in [0.5, 0.6) is 0 Å². The molecule has 1 unspecified atom stereocenters. The maximum absolute atomic E-state index is 14.2. The number of allylic oxidation sites excluding steroid dienone is 2. The van der Waals surface area contributed by atoms with Gasteiger partial charge in [-0.2, -0.15) is 0 Å². The molecule has 2 amide bonds. The number of hydrogen-bond donors (Lipinski definition) is 3. The number of carbonyl (C=O) groups is 2. The molecule has 0 aromatic heterocycles. The van der Waals surface area contributed by atoms with Gasteiger partial charge >= 0.3 is 0 Å². The zero-order valence-electron chi connectivity index (χ0n) is 23.6. The number of nitrogens with two attached hydrogens (primary N) is 1. The number of rotatable bonds is 14. The lowest BCUT2D eigenvalue weighted by atomic mass is 9.63. The lowest BCUT2D eigenvalue weighted by Crippen LogP contribution is -2.51. The molecule has 0 bridgehead atoms. The van der Waals surface area contributed by atoms with Gasteiger partial charge in [-0.15, -0.1) is 0 Å². The third kappa shape index (κ3) is 7.86. The maximum atomic E-state index is 14.2. The van der Waals surface area contributed by atoms with Crippen LogP contribution in [0.2, 0.25) is 0 Å². The lowest BCUT2D eigenvalue weighted by Gasteiger charge is -2.42. The minimum atomic E-state index is -1.45. The molecular weight excluding hydrogens is 512 g/mol. The molecular formula is C32H41F2N3O3. The highest BCUT2D eigenvalue weighted by atomic mass is 19.1. The first-order valence-corrected chi connectivity index (χ1v) is 14.0. The van der Waals surface area contributed by atoms with Gasteiger partial charge < -0.3 is 21.1 Å². The minimum Gasteiger partial charge on any atom is -0.391 e. The molecule has 40 heavy (non-hydrogen) atoms. The Balaban J connectivity index is 1.99. The molecule has 8 heteroatoms. The van der Waals surface area contributed by atoms with Crippen molar-refractivity contribution in [2.24, 2.45) is 17.1 Å². The molecule has 1 aliphatic carbocycles. The summed E-state index contributed by atoms with van der Waals surface area (Å²) in [4.78, 5) is 28.7. The number of primary amides is 1. The molecule has 0 saturated carbocycles. The normalized spacial score (nSPS) is 18.4. The number of carbonyl (C=O) groups excluding carboxylic acids is 2. The Labute approximate surface area is 236 Å². The fourth-order valence-electron chi connectivity index (χ4n) is 5.66. The molecule has 6 nitrogen and oxygen atoms in total. The number of benzene rings is 2. The van der Waals surface area contributed by atoms with Crippen molar-refractivity contribution in [3.63, 3.8) is 0 Å². The molecule has 4 N–H and O–H groups in total. The van der Waals surface area contributed by atoms with Crippen LogP contribution in [0.1, 0.15) is 51.2 Å². The molecule has 2 aromatic rings. The van der Waals surface area contributed by atoms with Gasteiger partial charge in [0.15, 0.2) is 0 Å². The Morgan fingerprint density at radius 3 is 2.25 bits per heavy atom. The molecule has 0 radical (unpaired) electrons. The van der Waals surface area contributed by atoms with Crippen LogP contribution in [0.15, 0.2) is 71.8 Å². The van der Waals surface area contributed by atoms with Gasteiger partial charge in [0, 0.05) is 43.7 Å². The number of hydrogen-bond acceptors (Lipinski definition) is 4. The first-order valence-electron chi connectivity index (χ1n) is 14.0. The Kier molecular flexibility index (Phi) is 11.2. The van der Waals surface area contributed by atoms with Gasteiger partial charge in [-0.05, 0) is 55.9 Å².